The van der Waals surface area contributed by atoms with Crippen molar-refractivity contribution >= 4 is 21.6 Å². The van der Waals surface area contributed by atoms with E-state index in [1.165, 1.54) is 4.31 Å². The van der Waals surface area contributed by atoms with Gasteiger partial charge in [-0.15, -0.1) is 0 Å². The fraction of sp³-hybridized carbons (Fsp3) is 0.611. The van der Waals surface area contributed by atoms with Crippen molar-refractivity contribution in [1.29, 1.82) is 0 Å². The molecule has 0 aliphatic heterocycles. The highest BCUT2D eigenvalue weighted by Crippen LogP contribution is 2.28. The summed E-state index contributed by atoms with van der Waals surface area (Å²) in [6.45, 7) is 10.9. The molecule has 0 saturated heterocycles. The molecule has 0 aliphatic carbocycles. The normalized spacial score (nSPS) is 11.4. The summed E-state index contributed by atoms with van der Waals surface area (Å²) in [6.07, 6.45) is 2.86. The Hall–Kier alpha value is -1.56. The van der Waals surface area contributed by atoms with Crippen molar-refractivity contribution < 1.29 is 13.2 Å². The third kappa shape index (κ3) is 5.23. The van der Waals surface area contributed by atoms with Crippen molar-refractivity contribution in [3.05, 3.63) is 28.8 Å². The van der Waals surface area contributed by atoms with Crippen LogP contribution in [0, 0.1) is 20.8 Å². The number of hydrogen-bond donors (Lipinski definition) is 0. The van der Waals surface area contributed by atoms with Crippen molar-refractivity contribution in [2.75, 3.05) is 30.2 Å². The van der Waals surface area contributed by atoms with E-state index in [2.05, 4.69) is 0 Å². The van der Waals surface area contributed by atoms with E-state index in [1.807, 2.05) is 46.8 Å². The van der Waals surface area contributed by atoms with Crippen LogP contribution in [0.1, 0.15) is 43.4 Å². The molecular formula is C18H30N2O3S. The molecule has 0 unspecified atom stereocenters. The van der Waals surface area contributed by atoms with E-state index in [0.29, 0.717) is 18.8 Å². The zero-order valence-corrected chi connectivity index (χ0v) is 16.5. The minimum Gasteiger partial charge on any atom is -0.341 e. The molecule has 5 nitrogen and oxygen atoms in total. The van der Waals surface area contributed by atoms with Crippen molar-refractivity contribution in [2.24, 2.45) is 0 Å². The van der Waals surface area contributed by atoms with Crippen molar-refractivity contribution in [3.8, 4) is 0 Å². The van der Waals surface area contributed by atoms with Crippen LogP contribution in [0.4, 0.5) is 5.69 Å². The van der Waals surface area contributed by atoms with Crippen molar-refractivity contribution in [3.63, 3.8) is 0 Å². The molecule has 1 aromatic rings. The minimum atomic E-state index is -3.55. The molecule has 136 valence electrons. The van der Waals surface area contributed by atoms with E-state index in [9.17, 15) is 13.2 Å². The molecule has 0 aromatic heterocycles. The Kier molecular flexibility index (Phi) is 7.27. The van der Waals surface area contributed by atoms with Crippen molar-refractivity contribution in [1.82, 2.24) is 4.90 Å². The molecule has 0 atom stereocenters. The molecule has 0 fully saturated rings. The lowest BCUT2D eigenvalue weighted by Crippen LogP contribution is -2.43. The smallest absolute Gasteiger partial charge is 0.243 e. The van der Waals surface area contributed by atoms with Gasteiger partial charge in [-0.05, 0) is 44.7 Å². The molecule has 24 heavy (non-hydrogen) atoms. The zero-order chi connectivity index (χ0) is 18.5. The Morgan fingerprint density at radius 1 is 1.00 bits per heavy atom. The lowest BCUT2D eigenvalue weighted by Gasteiger charge is -2.29. The van der Waals surface area contributed by atoms with Gasteiger partial charge in [0.1, 0.15) is 6.54 Å². The Labute approximate surface area is 146 Å². The van der Waals surface area contributed by atoms with Crippen LogP contribution in [0.5, 0.6) is 0 Å². The fourth-order valence-electron chi connectivity index (χ4n) is 3.05. The third-order valence-electron chi connectivity index (χ3n) is 3.90. The van der Waals surface area contributed by atoms with Gasteiger partial charge in [0, 0.05) is 13.1 Å². The molecule has 1 amide bonds. The van der Waals surface area contributed by atoms with E-state index >= 15 is 0 Å². The van der Waals surface area contributed by atoms with Gasteiger partial charge in [-0.2, -0.15) is 0 Å². The van der Waals surface area contributed by atoms with Crippen LogP contribution >= 0.6 is 0 Å². The molecule has 0 radical (unpaired) electrons. The SMILES string of the molecule is CCCN(CCC)C(=O)CN(c1c(C)cc(C)cc1C)S(C)(=O)=O. The first-order valence-corrected chi connectivity index (χ1v) is 10.3. The number of rotatable bonds is 8. The predicted molar refractivity (Wildman–Crippen MR) is 100 cm³/mol. The maximum Gasteiger partial charge on any atom is 0.243 e. The van der Waals surface area contributed by atoms with Gasteiger partial charge < -0.3 is 4.90 Å². The first-order chi connectivity index (χ1) is 11.1. The van der Waals surface area contributed by atoms with E-state index < -0.39 is 10.0 Å². The van der Waals surface area contributed by atoms with Gasteiger partial charge in [-0.3, -0.25) is 9.10 Å². The average Bonchev–Trinajstić information content (AvgIpc) is 2.43. The first kappa shape index (κ1) is 20.5. The highest BCUT2D eigenvalue weighted by molar-refractivity contribution is 7.92. The summed E-state index contributed by atoms with van der Waals surface area (Å²) in [4.78, 5) is 14.4. The number of aryl methyl sites for hydroxylation is 3. The molecule has 6 heteroatoms. The zero-order valence-electron chi connectivity index (χ0n) is 15.7. The monoisotopic (exact) mass is 354 g/mol. The lowest BCUT2D eigenvalue weighted by atomic mass is 10.1. The van der Waals surface area contributed by atoms with Gasteiger partial charge in [0.25, 0.3) is 0 Å². The number of sulfonamides is 1. The van der Waals surface area contributed by atoms with Crippen LogP contribution in [-0.2, 0) is 14.8 Å². The highest BCUT2D eigenvalue weighted by Gasteiger charge is 2.26. The van der Waals surface area contributed by atoms with Crippen molar-refractivity contribution in [2.45, 2.75) is 47.5 Å². The van der Waals surface area contributed by atoms with Crippen LogP contribution in [0.15, 0.2) is 12.1 Å². The van der Waals surface area contributed by atoms with Gasteiger partial charge in [-0.1, -0.05) is 31.5 Å². The van der Waals surface area contributed by atoms with E-state index in [-0.39, 0.29) is 12.5 Å². The molecule has 0 heterocycles. The average molecular weight is 355 g/mol. The summed E-state index contributed by atoms with van der Waals surface area (Å²) in [5, 5.41) is 0. The summed E-state index contributed by atoms with van der Waals surface area (Å²) < 4.78 is 25.9. The Morgan fingerprint density at radius 3 is 1.83 bits per heavy atom. The minimum absolute atomic E-state index is 0.149. The number of hydrogen-bond acceptors (Lipinski definition) is 3. The molecular weight excluding hydrogens is 324 g/mol. The summed E-state index contributed by atoms with van der Waals surface area (Å²) in [6, 6.07) is 3.89. The molecule has 0 N–H and O–H groups in total. The first-order valence-electron chi connectivity index (χ1n) is 8.45. The predicted octanol–water partition coefficient (Wildman–Crippen LogP) is 3.03. The molecule has 0 aliphatic rings. The van der Waals surface area contributed by atoms with Crippen LogP contribution in [0.2, 0.25) is 0 Å². The summed E-state index contributed by atoms with van der Waals surface area (Å²) in [5.41, 5.74) is 3.42. The maximum atomic E-state index is 12.7. The molecule has 1 aromatic carbocycles. The quantitative estimate of drug-likeness (QED) is 0.721. The lowest BCUT2D eigenvalue weighted by molar-refractivity contribution is -0.129. The van der Waals surface area contributed by atoms with Gasteiger partial charge in [0.15, 0.2) is 0 Å². The maximum absolute atomic E-state index is 12.7. The fourth-order valence-corrected chi connectivity index (χ4v) is 4.02. The Bertz CT molecular complexity index is 654. The van der Waals surface area contributed by atoms with Gasteiger partial charge in [0.05, 0.1) is 11.9 Å². The van der Waals surface area contributed by atoms with Crippen LogP contribution < -0.4 is 4.31 Å². The number of anilines is 1. The Morgan fingerprint density at radius 2 is 1.46 bits per heavy atom. The summed E-state index contributed by atoms with van der Waals surface area (Å²) >= 11 is 0. The Balaban J connectivity index is 3.24. The molecule has 0 bridgehead atoms. The number of carbonyl (C=O) groups is 1. The number of nitrogens with zero attached hydrogens (tertiary/aromatic N) is 2. The molecule has 1 rings (SSSR count). The van der Waals surface area contributed by atoms with Gasteiger partial charge in [-0.25, -0.2) is 8.42 Å². The summed E-state index contributed by atoms with van der Waals surface area (Å²) in [5.74, 6) is -0.150. The second-order valence-corrected chi connectivity index (χ2v) is 8.30. The van der Waals surface area contributed by atoms with Gasteiger partial charge >= 0.3 is 0 Å². The van der Waals surface area contributed by atoms with E-state index in [1.54, 1.807) is 4.90 Å². The number of benzene rings is 1. The van der Waals surface area contributed by atoms with E-state index in [4.69, 9.17) is 0 Å². The number of carbonyl (C=O) groups excluding carboxylic acids is 1. The number of amides is 1. The standard InChI is InChI=1S/C18H30N2O3S/c1-7-9-19(10-8-2)17(21)13-20(24(6,22)23)18-15(4)11-14(3)12-16(18)5/h11-12H,7-10,13H2,1-6H3. The van der Waals surface area contributed by atoms with Crippen LogP contribution in [0.25, 0.3) is 0 Å². The topological polar surface area (TPSA) is 57.7 Å². The van der Waals surface area contributed by atoms with E-state index in [0.717, 1.165) is 35.8 Å². The van der Waals surface area contributed by atoms with Gasteiger partial charge in [0.2, 0.25) is 15.9 Å². The third-order valence-corrected chi connectivity index (χ3v) is 5.02. The van der Waals surface area contributed by atoms with Crippen LogP contribution in [-0.4, -0.2) is 45.1 Å². The highest BCUT2D eigenvalue weighted by atomic mass is 32.2. The van der Waals surface area contributed by atoms with Crippen LogP contribution in [0.3, 0.4) is 0 Å². The summed E-state index contributed by atoms with van der Waals surface area (Å²) in [7, 11) is -3.55. The molecule has 0 saturated carbocycles. The second-order valence-electron chi connectivity index (χ2n) is 6.40. The molecule has 0 spiro atoms. The largest absolute Gasteiger partial charge is 0.341 e. The second kappa shape index (κ2) is 8.51.